The van der Waals surface area contributed by atoms with Gasteiger partial charge in [0.25, 0.3) is 0 Å². The van der Waals surface area contributed by atoms with Gasteiger partial charge < -0.3 is 5.11 Å². The van der Waals surface area contributed by atoms with Crippen molar-refractivity contribution in [1.82, 2.24) is 4.90 Å². The third kappa shape index (κ3) is 5.14. The molecular weight excluding hydrogens is 243 g/mol. The standard InChI is InChI=1S/C13H24F3NO/c1-10(2)17(9-13(14,15)16)11-7-5-3-4-6-8-12(11)18/h10-12,18H,3-9H2,1-2H3. The first-order valence-corrected chi connectivity index (χ1v) is 6.82. The van der Waals surface area contributed by atoms with Crippen LogP contribution in [0.2, 0.25) is 0 Å². The Hall–Kier alpha value is -0.290. The molecule has 0 aromatic carbocycles. The second-order valence-electron chi connectivity index (χ2n) is 5.51. The normalized spacial score (nSPS) is 27.3. The summed E-state index contributed by atoms with van der Waals surface area (Å²) in [6.45, 7) is 2.60. The molecule has 1 rings (SSSR count). The highest BCUT2D eigenvalue weighted by molar-refractivity contribution is 4.84. The van der Waals surface area contributed by atoms with Crippen molar-refractivity contribution in [3.63, 3.8) is 0 Å². The Morgan fingerprint density at radius 2 is 1.67 bits per heavy atom. The summed E-state index contributed by atoms with van der Waals surface area (Å²) < 4.78 is 37.8. The van der Waals surface area contributed by atoms with Crippen molar-refractivity contribution in [3.05, 3.63) is 0 Å². The molecule has 1 saturated carbocycles. The highest BCUT2D eigenvalue weighted by Gasteiger charge is 2.37. The second-order valence-corrected chi connectivity index (χ2v) is 5.51. The van der Waals surface area contributed by atoms with Crippen LogP contribution >= 0.6 is 0 Å². The number of halogens is 3. The molecule has 2 atom stereocenters. The predicted octanol–water partition coefficient (Wildman–Crippen LogP) is 3.34. The summed E-state index contributed by atoms with van der Waals surface area (Å²) in [5, 5.41) is 10.1. The van der Waals surface area contributed by atoms with E-state index in [-0.39, 0.29) is 12.1 Å². The maximum absolute atomic E-state index is 12.6. The van der Waals surface area contributed by atoms with Gasteiger partial charge in [-0.1, -0.05) is 25.7 Å². The van der Waals surface area contributed by atoms with E-state index in [1.807, 2.05) is 0 Å². The van der Waals surface area contributed by atoms with Crippen molar-refractivity contribution >= 4 is 0 Å². The van der Waals surface area contributed by atoms with Gasteiger partial charge in [0.05, 0.1) is 12.6 Å². The molecule has 0 radical (unpaired) electrons. The maximum atomic E-state index is 12.6. The summed E-state index contributed by atoms with van der Waals surface area (Å²) in [7, 11) is 0. The largest absolute Gasteiger partial charge is 0.401 e. The summed E-state index contributed by atoms with van der Waals surface area (Å²) in [6, 6.07) is -0.558. The van der Waals surface area contributed by atoms with E-state index in [0.717, 1.165) is 25.7 Å². The zero-order valence-electron chi connectivity index (χ0n) is 11.2. The van der Waals surface area contributed by atoms with Gasteiger partial charge in [-0.2, -0.15) is 13.2 Å². The Bertz CT molecular complexity index is 243. The number of aliphatic hydroxyl groups excluding tert-OH is 1. The van der Waals surface area contributed by atoms with E-state index in [1.54, 1.807) is 13.8 Å². The number of nitrogens with zero attached hydrogens (tertiary/aromatic N) is 1. The Morgan fingerprint density at radius 3 is 2.17 bits per heavy atom. The molecule has 0 aliphatic heterocycles. The van der Waals surface area contributed by atoms with Gasteiger partial charge in [0, 0.05) is 12.1 Å². The van der Waals surface area contributed by atoms with E-state index >= 15 is 0 Å². The zero-order chi connectivity index (χ0) is 13.8. The summed E-state index contributed by atoms with van der Waals surface area (Å²) in [6.07, 6.45) is 0.396. The van der Waals surface area contributed by atoms with Crippen LogP contribution in [0.1, 0.15) is 52.4 Å². The van der Waals surface area contributed by atoms with Crippen molar-refractivity contribution < 1.29 is 18.3 Å². The lowest BCUT2D eigenvalue weighted by Crippen LogP contribution is -2.51. The van der Waals surface area contributed by atoms with Gasteiger partial charge in [-0.05, 0) is 26.7 Å². The number of alkyl halides is 3. The average Bonchev–Trinajstić information content (AvgIpc) is 2.20. The van der Waals surface area contributed by atoms with Gasteiger partial charge in [0.2, 0.25) is 0 Å². The quantitative estimate of drug-likeness (QED) is 0.847. The van der Waals surface area contributed by atoms with Crippen molar-refractivity contribution in [2.24, 2.45) is 0 Å². The first kappa shape index (κ1) is 15.8. The number of hydrogen-bond acceptors (Lipinski definition) is 2. The van der Waals surface area contributed by atoms with Gasteiger partial charge in [0.1, 0.15) is 0 Å². The zero-order valence-corrected chi connectivity index (χ0v) is 11.2. The lowest BCUT2D eigenvalue weighted by atomic mass is 9.92. The van der Waals surface area contributed by atoms with E-state index in [4.69, 9.17) is 0 Å². The molecule has 2 unspecified atom stereocenters. The molecule has 0 bridgehead atoms. The molecule has 1 aliphatic rings. The van der Waals surface area contributed by atoms with E-state index in [1.165, 1.54) is 4.90 Å². The van der Waals surface area contributed by atoms with Crippen molar-refractivity contribution in [2.75, 3.05) is 6.54 Å². The van der Waals surface area contributed by atoms with Crippen LogP contribution in [0.15, 0.2) is 0 Å². The van der Waals surface area contributed by atoms with Gasteiger partial charge in [-0.15, -0.1) is 0 Å². The SMILES string of the molecule is CC(C)N(CC(F)(F)F)C1CCCCCCC1O. The molecule has 1 fully saturated rings. The van der Waals surface area contributed by atoms with Gasteiger partial charge in [0.15, 0.2) is 0 Å². The Kier molecular flexibility index (Phi) is 5.92. The second kappa shape index (κ2) is 6.75. The molecule has 1 aliphatic carbocycles. The van der Waals surface area contributed by atoms with E-state index < -0.39 is 18.8 Å². The maximum Gasteiger partial charge on any atom is 0.401 e. The van der Waals surface area contributed by atoms with Crippen LogP contribution in [0.5, 0.6) is 0 Å². The third-order valence-electron chi connectivity index (χ3n) is 3.65. The monoisotopic (exact) mass is 267 g/mol. The molecule has 1 N–H and O–H groups in total. The number of aliphatic hydroxyl groups is 1. The minimum Gasteiger partial charge on any atom is -0.391 e. The number of hydrogen-bond donors (Lipinski definition) is 1. The first-order valence-electron chi connectivity index (χ1n) is 6.82. The molecule has 18 heavy (non-hydrogen) atoms. The molecule has 5 heteroatoms. The van der Waals surface area contributed by atoms with Crippen molar-refractivity contribution in [1.29, 1.82) is 0 Å². The number of rotatable bonds is 3. The predicted molar refractivity (Wildman–Crippen MR) is 65.4 cm³/mol. The summed E-state index contributed by atoms with van der Waals surface area (Å²) in [5.41, 5.74) is 0. The fourth-order valence-electron chi connectivity index (χ4n) is 2.72. The van der Waals surface area contributed by atoms with Crippen LogP contribution in [-0.4, -0.2) is 40.9 Å². The van der Waals surface area contributed by atoms with Crippen LogP contribution < -0.4 is 0 Å². The van der Waals surface area contributed by atoms with Crippen LogP contribution in [0, 0.1) is 0 Å². The van der Waals surface area contributed by atoms with E-state index in [0.29, 0.717) is 12.8 Å². The molecule has 108 valence electrons. The molecular formula is C13H24F3NO. The Morgan fingerprint density at radius 1 is 1.11 bits per heavy atom. The Labute approximate surface area is 107 Å². The molecule has 2 nitrogen and oxygen atoms in total. The topological polar surface area (TPSA) is 23.5 Å². The van der Waals surface area contributed by atoms with Crippen molar-refractivity contribution in [2.45, 2.75) is 76.7 Å². The smallest absolute Gasteiger partial charge is 0.391 e. The highest BCUT2D eigenvalue weighted by Crippen LogP contribution is 2.27. The van der Waals surface area contributed by atoms with Crippen LogP contribution in [0.25, 0.3) is 0 Å². The Balaban J connectivity index is 2.74. The summed E-state index contributed by atoms with van der Waals surface area (Å²) in [5.74, 6) is 0. The van der Waals surface area contributed by atoms with Crippen LogP contribution in [0.4, 0.5) is 13.2 Å². The average molecular weight is 267 g/mol. The lowest BCUT2D eigenvalue weighted by molar-refractivity contribution is -0.161. The minimum atomic E-state index is -4.20. The molecule has 0 amide bonds. The molecule has 0 spiro atoms. The van der Waals surface area contributed by atoms with Gasteiger partial charge in [-0.3, -0.25) is 4.90 Å². The molecule has 0 heterocycles. The van der Waals surface area contributed by atoms with Crippen molar-refractivity contribution in [3.8, 4) is 0 Å². The first-order chi connectivity index (χ1) is 8.31. The highest BCUT2D eigenvalue weighted by atomic mass is 19.4. The van der Waals surface area contributed by atoms with Gasteiger partial charge >= 0.3 is 6.18 Å². The van der Waals surface area contributed by atoms with E-state index in [2.05, 4.69) is 0 Å². The van der Waals surface area contributed by atoms with Gasteiger partial charge in [-0.25, -0.2) is 0 Å². The van der Waals surface area contributed by atoms with Crippen LogP contribution in [-0.2, 0) is 0 Å². The summed E-state index contributed by atoms with van der Waals surface area (Å²) >= 11 is 0. The summed E-state index contributed by atoms with van der Waals surface area (Å²) in [4.78, 5) is 1.41. The van der Waals surface area contributed by atoms with E-state index in [9.17, 15) is 18.3 Å². The third-order valence-corrected chi connectivity index (χ3v) is 3.65. The molecule has 0 aromatic heterocycles. The van der Waals surface area contributed by atoms with Crippen LogP contribution in [0.3, 0.4) is 0 Å². The molecule has 0 saturated heterocycles. The lowest BCUT2D eigenvalue weighted by Gasteiger charge is -2.39. The fourth-order valence-corrected chi connectivity index (χ4v) is 2.72. The molecule has 0 aromatic rings. The fraction of sp³-hybridized carbons (Fsp3) is 1.00. The minimum absolute atomic E-state index is 0.203.